The van der Waals surface area contributed by atoms with E-state index in [0.717, 1.165) is 25.8 Å². The topological polar surface area (TPSA) is 87.7 Å². The Morgan fingerprint density at radius 2 is 2.05 bits per heavy atom. The van der Waals surface area contributed by atoms with E-state index in [1.165, 1.54) is 0 Å². The van der Waals surface area contributed by atoms with Gasteiger partial charge < -0.3 is 20.5 Å². The van der Waals surface area contributed by atoms with E-state index in [2.05, 4.69) is 10.6 Å². The van der Waals surface area contributed by atoms with Crippen LogP contribution in [0.3, 0.4) is 0 Å². The molecule has 21 heavy (non-hydrogen) atoms. The fourth-order valence-electron chi connectivity index (χ4n) is 2.30. The zero-order chi connectivity index (χ0) is 15.3. The highest BCUT2D eigenvalue weighted by atomic mass is 16.5. The van der Waals surface area contributed by atoms with Crippen molar-refractivity contribution >= 4 is 17.6 Å². The van der Waals surface area contributed by atoms with Crippen molar-refractivity contribution in [3.05, 3.63) is 24.3 Å². The minimum Gasteiger partial charge on any atom is -0.482 e. The van der Waals surface area contributed by atoms with Gasteiger partial charge in [0, 0.05) is 5.69 Å². The van der Waals surface area contributed by atoms with E-state index in [1.54, 1.807) is 24.3 Å². The number of anilines is 1. The molecule has 0 aromatic heterocycles. The molecule has 1 aromatic rings. The van der Waals surface area contributed by atoms with Gasteiger partial charge in [0.05, 0.1) is 5.54 Å². The van der Waals surface area contributed by atoms with Crippen LogP contribution < -0.4 is 15.4 Å². The Morgan fingerprint density at radius 3 is 2.62 bits per heavy atom. The van der Waals surface area contributed by atoms with Crippen LogP contribution in [0, 0.1) is 0 Å². The van der Waals surface area contributed by atoms with Crippen LogP contribution in [0.2, 0.25) is 0 Å². The molecule has 2 rings (SSSR count). The maximum absolute atomic E-state index is 12.3. The Balaban J connectivity index is 1.93. The molecule has 1 unspecified atom stereocenters. The predicted molar refractivity (Wildman–Crippen MR) is 78.5 cm³/mol. The van der Waals surface area contributed by atoms with Gasteiger partial charge in [-0.15, -0.1) is 0 Å². The van der Waals surface area contributed by atoms with Gasteiger partial charge in [0.2, 0.25) is 5.91 Å². The van der Waals surface area contributed by atoms with Crippen LogP contribution in [0.1, 0.15) is 26.2 Å². The van der Waals surface area contributed by atoms with Crippen molar-refractivity contribution in [1.29, 1.82) is 0 Å². The molecule has 1 aliphatic rings. The third kappa shape index (κ3) is 4.19. The van der Waals surface area contributed by atoms with E-state index in [4.69, 9.17) is 9.84 Å². The van der Waals surface area contributed by atoms with Crippen LogP contribution in [-0.2, 0) is 9.59 Å². The van der Waals surface area contributed by atoms with Gasteiger partial charge in [-0.1, -0.05) is 0 Å². The van der Waals surface area contributed by atoms with Gasteiger partial charge in [0.15, 0.2) is 6.61 Å². The second-order valence-corrected chi connectivity index (χ2v) is 5.38. The zero-order valence-corrected chi connectivity index (χ0v) is 12.0. The number of ether oxygens (including phenoxy) is 1. The first-order chi connectivity index (χ1) is 9.99. The summed E-state index contributed by atoms with van der Waals surface area (Å²) in [6.45, 7) is 2.38. The SMILES string of the molecule is CC1(C(=O)Nc2ccc(OCC(=O)O)cc2)CCCCN1. The third-order valence-electron chi connectivity index (χ3n) is 3.59. The molecule has 1 saturated heterocycles. The number of aliphatic carboxylic acids is 1. The number of hydrogen-bond donors (Lipinski definition) is 3. The Hall–Kier alpha value is -2.08. The molecule has 0 radical (unpaired) electrons. The van der Waals surface area contributed by atoms with Gasteiger partial charge in [0.25, 0.3) is 0 Å². The van der Waals surface area contributed by atoms with Gasteiger partial charge >= 0.3 is 5.97 Å². The molecule has 1 atom stereocenters. The number of rotatable bonds is 5. The van der Waals surface area contributed by atoms with Crippen molar-refractivity contribution < 1.29 is 19.4 Å². The van der Waals surface area contributed by atoms with E-state index in [-0.39, 0.29) is 12.5 Å². The van der Waals surface area contributed by atoms with Crippen LogP contribution in [0.5, 0.6) is 5.75 Å². The van der Waals surface area contributed by atoms with Gasteiger partial charge in [-0.25, -0.2) is 4.79 Å². The normalized spacial score (nSPS) is 21.6. The van der Waals surface area contributed by atoms with Crippen molar-refractivity contribution in [2.45, 2.75) is 31.7 Å². The summed E-state index contributed by atoms with van der Waals surface area (Å²) in [5.74, 6) is -0.623. The molecule has 1 fully saturated rings. The van der Waals surface area contributed by atoms with Crippen molar-refractivity contribution in [2.24, 2.45) is 0 Å². The first-order valence-electron chi connectivity index (χ1n) is 7.01. The maximum atomic E-state index is 12.3. The summed E-state index contributed by atoms with van der Waals surface area (Å²) >= 11 is 0. The first kappa shape index (κ1) is 15.3. The largest absolute Gasteiger partial charge is 0.482 e. The monoisotopic (exact) mass is 292 g/mol. The molecule has 0 bridgehead atoms. The zero-order valence-electron chi connectivity index (χ0n) is 12.0. The molecule has 1 heterocycles. The standard InChI is InChI=1S/C15H20N2O4/c1-15(8-2-3-9-16-15)14(20)17-11-4-6-12(7-5-11)21-10-13(18)19/h4-7,16H,2-3,8-10H2,1H3,(H,17,20)(H,18,19). The van der Waals surface area contributed by atoms with Crippen molar-refractivity contribution in [3.63, 3.8) is 0 Å². The molecule has 3 N–H and O–H groups in total. The lowest BCUT2D eigenvalue weighted by atomic mass is 9.90. The minimum absolute atomic E-state index is 0.0543. The van der Waals surface area contributed by atoms with E-state index in [0.29, 0.717) is 11.4 Å². The number of carbonyl (C=O) groups excluding carboxylic acids is 1. The highest BCUT2D eigenvalue weighted by Gasteiger charge is 2.34. The summed E-state index contributed by atoms with van der Waals surface area (Å²) in [6.07, 6.45) is 2.95. The molecule has 1 aliphatic heterocycles. The highest BCUT2D eigenvalue weighted by Crippen LogP contribution is 2.22. The number of carboxylic acids is 1. The van der Waals surface area contributed by atoms with Gasteiger partial charge in [-0.05, 0) is 57.0 Å². The molecule has 1 amide bonds. The maximum Gasteiger partial charge on any atom is 0.341 e. The number of carbonyl (C=O) groups is 2. The number of carboxylic acid groups (broad SMARTS) is 1. The first-order valence-corrected chi connectivity index (χ1v) is 7.01. The van der Waals surface area contributed by atoms with E-state index < -0.39 is 11.5 Å². The Bertz CT molecular complexity index is 507. The van der Waals surface area contributed by atoms with E-state index in [9.17, 15) is 9.59 Å². The summed E-state index contributed by atoms with van der Waals surface area (Å²) in [5.41, 5.74) is 0.132. The lowest BCUT2D eigenvalue weighted by Gasteiger charge is -2.33. The smallest absolute Gasteiger partial charge is 0.341 e. The molecule has 1 aromatic carbocycles. The van der Waals surface area contributed by atoms with Gasteiger partial charge in [0.1, 0.15) is 5.75 Å². The quantitative estimate of drug-likeness (QED) is 0.767. The molecule has 0 spiro atoms. The molecular formula is C15H20N2O4. The summed E-state index contributed by atoms with van der Waals surface area (Å²) < 4.78 is 5.04. The second-order valence-electron chi connectivity index (χ2n) is 5.38. The number of piperidine rings is 1. The molecule has 0 aliphatic carbocycles. The van der Waals surface area contributed by atoms with Crippen molar-refractivity contribution in [2.75, 3.05) is 18.5 Å². The number of amides is 1. The Morgan fingerprint density at radius 1 is 1.33 bits per heavy atom. The van der Waals surface area contributed by atoms with E-state index in [1.807, 2.05) is 6.92 Å². The van der Waals surface area contributed by atoms with Crippen LogP contribution in [0.25, 0.3) is 0 Å². The average molecular weight is 292 g/mol. The molecular weight excluding hydrogens is 272 g/mol. The van der Waals surface area contributed by atoms with Crippen molar-refractivity contribution in [3.8, 4) is 5.75 Å². The molecule has 6 nitrogen and oxygen atoms in total. The number of nitrogens with one attached hydrogen (secondary N) is 2. The fraction of sp³-hybridized carbons (Fsp3) is 0.467. The Kier molecular flexibility index (Phi) is 4.80. The van der Waals surface area contributed by atoms with Crippen LogP contribution in [0.15, 0.2) is 24.3 Å². The predicted octanol–water partition coefficient (Wildman–Crippen LogP) is 1.62. The molecule has 6 heteroatoms. The van der Waals surface area contributed by atoms with Gasteiger partial charge in [-0.2, -0.15) is 0 Å². The number of hydrogen-bond acceptors (Lipinski definition) is 4. The van der Waals surface area contributed by atoms with Gasteiger partial charge in [-0.3, -0.25) is 4.79 Å². The Labute approximate surface area is 123 Å². The van der Waals surface area contributed by atoms with Crippen LogP contribution >= 0.6 is 0 Å². The number of benzene rings is 1. The van der Waals surface area contributed by atoms with Crippen LogP contribution in [0.4, 0.5) is 5.69 Å². The lowest BCUT2D eigenvalue weighted by Crippen LogP contribution is -2.54. The molecule has 0 saturated carbocycles. The minimum atomic E-state index is -1.02. The summed E-state index contributed by atoms with van der Waals surface area (Å²) in [5, 5.41) is 14.7. The third-order valence-corrected chi connectivity index (χ3v) is 3.59. The highest BCUT2D eigenvalue weighted by molar-refractivity contribution is 5.97. The molecule has 114 valence electrons. The summed E-state index contributed by atoms with van der Waals surface area (Å²) in [4.78, 5) is 22.7. The van der Waals surface area contributed by atoms with Crippen LogP contribution in [-0.4, -0.2) is 35.7 Å². The summed E-state index contributed by atoms with van der Waals surface area (Å²) in [7, 11) is 0. The van der Waals surface area contributed by atoms with Crippen molar-refractivity contribution in [1.82, 2.24) is 5.32 Å². The van der Waals surface area contributed by atoms with E-state index >= 15 is 0 Å². The fourth-order valence-corrected chi connectivity index (χ4v) is 2.30. The second kappa shape index (κ2) is 6.58. The summed E-state index contributed by atoms with van der Waals surface area (Å²) in [6, 6.07) is 6.66. The lowest BCUT2D eigenvalue weighted by molar-refractivity contribution is -0.139. The average Bonchev–Trinajstić information content (AvgIpc) is 2.47.